The summed E-state index contributed by atoms with van der Waals surface area (Å²) in [5.74, 6) is 0.0863. The molecule has 108 valence electrons. The standard InChI is InChI=1S/C13H16ClN3O2S/c1-9-8-17(5-4-12(9)16)20(18,19)13-6-11(14)3-2-10(13)7-15/h2-3,6,9,12H,4-5,8,16H2,1H3. The molecule has 0 aliphatic carbocycles. The number of halogens is 1. The van der Waals surface area contributed by atoms with Gasteiger partial charge in [-0.2, -0.15) is 9.57 Å². The van der Waals surface area contributed by atoms with E-state index in [4.69, 9.17) is 22.6 Å². The monoisotopic (exact) mass is 313 g/mol. The number of rotatable bonds is 2. The molecular formula is C13H16ClN3O2S. The number of nitrogens with two attached hydrogens (primary N) is 1. The van der Waals surface area contributed by atoms with Gasteiger partial charge in [0.2, 0.25) is 10.0 Å². The van der Waals surface area contributed by atoms with Gasteiger partial charge in [0, 0.05) is 24.2 Å². The second kappa shape index (κ2) is 5.70. The maximum absolute atomic E-state index is 12.6. The van der Waals surface area contributed by atoms with Gasteiger partial charge in [-0.1, -0.05) is 18.5 Å². The third kappa shape index (κ3) is 2.81. The number of sulfonamides is 1. The highest BCUT2D eigenvalue weighted by Gasteiger charge is 2.33. The summed E-state index contributed by atoms with van der Waals surface area (Å²) >= 11 is 5.86. The lowest BCUT2D eigenvalue weighted by atomic mass is 9.96. The van der Waals surface area contributed by atoms with Crippen molar-refractivity contribution in [3.8, 4) is 6.07 Å². The molecule has 5 nitrogen and oxygen atoms in total. The SMILES string of the molecule is CC1CN(S(=O)(=O)c2cc(Cl)ccc2C#N)CCC1N. The summed E-state index contributed by atoms with van der Waals surface area (Å²) < 4.78 is 26.7. The zero-order valence-corrected chi connectivity index (χ0v) is 12.7. The van der Waals surface area contributed by atoms with Crippen molar-refractivity contribution in [2.24, 2.45) is 11.7 Å². The molecule has 0 aromatic heterocycles. The first-order chi connectivity index (χ1) is 9.36. The molecule has 2 N–H and O–H groups in total. The highest BCUT2D eigenvalue weighted by Crippen LogP contribution is 2.27. The van der Waals surface area contributed by atoms with E-state index in [0.717, 1.165) is 0 Å². The summed E-state index contributed by atoms with van der Waals surface area (Å²) in [5, 5.41) is 9.36. The van der Waals surface area contributed by atoms with E-state index in [0.29, 0.717) is 24.5 Å². The molecule has 1 aromatic rings. The van der Waals surface area contributed by atoms with Crippen LogP contribution in [0.5, 0.6) is 0 Å². The summed E-state index contributed by atoms with van der Waals surface area (Å²) in [6.07, 6.45) is 0.614. The van der Waals surface area contributed by atoms with Crippen LogP contribution in [0.25, 0.3) is 0 Å². The molecule has 0 amide bonds. The molecule has 0 bridgehead atoms. The van der Waals surface area contributed by atoms with Crippen molar-refractivity contribution in [1.82, 2.24) is 4.31 Å². The molecular weight excluding hydrogens is 298 g/mol. The first-order valence-electron chi connectivity index (χ1n) is 6.31. The fourth-order valence-electron chi connectivity index (χ4n) is 2.28. The van der Waals surface area contributed by atoms with Gasteiger partial charge in [0.25, 0.3) is 0 Å². The van der Waals surface area contributed by atoms with Crippen LogP contribution in [0.15, 0.2) is 23.1 Å². The minimum absolute atomic E-state index is 0.0104. The van der Waals surface area contributed by atoms with Gasteiger partial charge in [-0.3, -0.25) is 0 Å². The highest BCUT2D eigenvalue weighted by atomic mass is 35.5. The molecule has 0 radical (unpaired) electrons. The number of piperidine rings is 1. The Bertz CT molecular complexity index is 654. The average molecular weight is 314 g/mol. The maximum Gasteiger partial charge on any atom is 0.244 e. The second-order valence-corrected chi connectivity index (χ2v) is 7.39. The van der Waals surface area contributed by atoms with E-state index >= 15 is 0 Å². The largest absolute Gasteiger partial charge is 0.327 e. The Kier molecular flexibility index (Phi) is 4.35. The fourth-order valence-corrected chi connectivity index (χ4v) is 4.24. The molecule has 7 heteroatoms. The molecule has 2 unspecified atom stereocenters. The summed E-state index contributed by atoms with van der Waals surface area (Å²) in [6, 6.07) is 6.17. The molecule has 20 heavy (non-hydrogen) atoms. The molecule has 0 spiro atoms. The lowest BCUT2D eigenvalue weighted by Crippen LogP contribution is -2.48. The van der Waals surface area contributed by atoms with Gasteiger partial charge >= 0.3 is 0 Å². The zero-order chi connectivity index (χ0) is 14.9. The average Bonchev–Trinajstić information content (AvgIpc) is 2.41. The van der Waals surface area contributed by atoms with E-state index in [-0.39, 0.29) is 22.4 Å². The van der Waals surface area contributed by atoms with E-state index in [1.165, 1.54) is 22.5 Å². The van der Waals surface area contributed by atoms with Gasteiger partial charge in [0.1, 0.15) is 11.0 Å². The highest BCUT2D eigenvalue weighted by molar-refractivity contribution is 7.89. The van der Waals surface area contributed by atoms with Crippen LogP contribution in [0.2, 0.25) is 5.02 Å². The van der Waals surface area contributed by atoms with Crippen molar-refractivity contribution in [3.63, 3.8) is 0 Å². The van der Waals surface area contributed by atoms with Crippen LogP contribution in [-0.4, -0.2) is 31.9 Å². The maximum atomic E-state index is 12.6. The van der Waals surface area contributed by atoms with E-state index in [1.807, 2.05) is 13.0 Å². The Balaban J connectivity index is 2.41. The smallest absolute Gasteiger partial charge is 0.244 e. The van der Waals surface area contributed by atoms with Crippen molar-refractivity contribution in [1.29, 1.82) is 5.26 Å². The molecule has 2 rings (SSSR count). The van der Waals surface area contributed by atoms with E-state index in [2.05, 4.69) is 0 Å². The Morgan fingerprint density at radius 3 is 2.80 bits per heavy atom. The van der Waals surface area contributed by atoms with E-state index in [9.17, 15) is 8.42 Å². The minimum Gasteiger partial charge on any atom is -0.327 e. The van der Waals surface area contributed by atoms with Crippen LogP contribution in [0.3, 0.4) is 0 Å². The van der Waals surface area contributed by atoms with Gasteiger partial charge in [-0.25, -0.2) is 8.42 Å². The van der Waals surface area contributed by atoms with Crippen molar-refractivity contribution >= 4 is 21.6 Å². The molecule has 1 aliphatic heterocycles. The number of hydrogen-bond acceptors (Lipinski definition) is 4. The quantitative estimate of drug-likeness (QED) is 0.897. The first kappa shape index (κ1) is 15.3. The number of benzene rings is 1. The fraction of sp³-hybridized carbons (Fsp3) is 0.462. The number of nitrogens with zero attached hydrogens (tertiary/aromatic N) is 2. The lowest BCUT2D eigenvalue weighted by molar-refractivity contribution is 0.250. The van der Waals surface area contributed by atoms with Crippen LogP contribution in [0.1, 0.15) is 18.9 Å². The molecule has 0 saturated carbocycles. The Hall–Kier alpha value is -1.13. The van der Waals surface area contributed by atoms with Crippen LogP contribution < -0.4 is 5.73 Å². The van der Waals surface area contributed by atoms with Crippen LogP contribution in [-0.2, 0) is 10.0 Å². The molecule has 1 saturated heterocycles. The van der Waals surface area contributed by atoms with Gasteiger partial charge in [-0.15, -0.1) is 0 Å². The topological polar surface area (TPSA) is 87.2 Å². The van der Waals surface area contributed by atoms with Crippen molar-refractivity contribution in [2.45, 2.75) is 24.3 Å². The Labute approximate surface area is 124 Å². The van der Waals surface area contributed by atoms with Crippen LogP contribution in [0, 0.1) is 17.2 Å². The van der Waals surface area contributed by atoms with Crippen LogP contribution in [0.4, 0.5) is 0 Å². The van der Waals surface area contributed by atoms with E-state index < -0.39 is 10.0 Å². The molecule has 2 atom stereocenters. The summed E-state index contributed by atoms with van der Waals surface area (Å²) in [4.78, 5) is -0.0322. The van der Waals surface area contributed by atoms with Gasteiger partial charge in [-0.05, 0) is 30.5 Å². The predicted octanol–water partition coefficient (Wildman–Crippen LogP) is 1.57. The third-order valence-electron chi connectivity index (χ3n) is 3.62. The summed E-state index contributed by atoms with van der Waals surface area (Å²) in [7, 11) is -3.71. The van der Waals surface area contributed by atoms with Crippen LogP contribution >= 0.6 is 11.6 Å². The van der Waals surface area contributed by atoms with Gasteiger partial charge in [0.15, 0.2) is 0 Å². The second-order valence-electron chi connectivity index (χ2n) is 5.05. The molecule has 1 aliphatic rings. The summed E-state index contributed by atoms with van der Waals surface area (Å²) in [6.45, 7) is 2.65. The number of hydrogen-bond donors (Lipinski definition) is 1. The van der Waals surface area contributed by atoms with Gasteiger partial charge < -0.3 is 5.73 Å². The molecule has 1 aromatic carbocycles. The van der Waals surface area contributed by atoms with Crippen molar-refractivity contribution in [2.75, 3.05) is 13.1 Å². The Morgan fingerprint density at radius 1 is 1.50 bits per heavy atom. The normalized spacial score (nSPS) is 24.3. The summed E-state index contributed by atoms with van der Waals surface area (Å²) in [5.41, 5.74) is 6.02. The lowest BCUT2D eigenvalue weighted by Gasteiger charge is -2.34. The first-order valence-corrected chi connectivity index (χ1v) is 8.13. The van der Waals surface area contributed by atoms with Crippen molar-refractivity contribution in [3.05, 3.63) is 28.8 Å². The number of nitriles is 1. The van der Waals surface area contributed by atoms with E-state index in [1.54, 1.807) is 0 Å². The zero-order valence-electron chi connectivity index (χ0n) is 11.1. The third-order valence-corrected chi connectivity index (χ3v) is 5.76. The molecule has 1 heterocycles. The Morgan fingerprint density at radius 2 is 2.20 bits per heavy atom. The minimum atomic E-state index is -3.71. The van der Waals surface area contributed by atoms with Crippen molar-refractivity contribution < 1.29 is 8.42 Å². The van der Waals surface area contributed by atoms with Gasteiger partial charge in [0.05, 0.1) is 5.56 Å². The molecule has 1 fully saturated rings. The predicted molar refractivity (Wildman–Crippen MR) is 76.7 cm³/mol.